The molecule has 94 valence electrons. The van der Waals surface area contributed by atoms with Crippen LogP contribution < -0.4 is 16.0 Å². The van der Waals surface area contributed by atoms with E-state index in [0.717, 1.165) is 22.9 Å². The van der Waals surface area contributed by atoms with Crippen LogP contribution in [0.2, 0.25) is 0 Å². The zero-order valence-corrected chi connectivity index (χ0v) is 10.3. The van der Waals surface area contributed by atoms with E-state index >= 15 is 0 Å². The maximum Gasteiger partial charge on any atom is 0.241 e. The van der Waals surface area contributed by atoms with Crippen molar-refractivity contribution in [3.63, 3.8) is 0 Å². The predicted molar refractivity (Wildman–Crippen MR) is 72.3 cm³/mol. The van der Waals surface area contributed by atoms with Gasteiger partial charge in [0.05, 0.1) is 17.5 Å². The minimum atomic E-state index is 0.346. The lowest BCUT2D eigenvalue weighted by molar-refractivity contribution is 0.313. The fourth-order valence-electron chi connectivity index (χ4n) is 1.54. The highest BCUT2D eigenvalue weighted by Gasteiger charge is 2.07. The monoisotopic (exact) mass is 244 g/mol. The number of aromatic nitrogens is 2. The molecule has 1 aromatic carbocycles. The van der Waals surface area contributed by atoms with Crippen molar-refractivity contribution < 1.29 is 4.74 Å². The van der Waals surface area contributed by atoms with E-state index in [0.29, 0.717) is 18.4 Å². The van der Waals surface area contributed by atoms with Crippen LogP contribution in [0.1, 0.15) is 13.3 Å². The highest BCUT2D eigenvalue weighted by Crippen LogP contribution is 2.23. The number of nitrogens with zero attached hydrogens (tertiary/aromatic N) is 2. The first-order valence-corrected chi connectivity index (χ1v) is 5.71. The van der Waals surface area contributed by atoms with Crippen LogP contribution in [0.4, 0.5) is 5.95 Å². The lowest BCUT2D eigenvalue weighted by Crippen LogP contribution is -2.11. The average molecular weight is 244 g/mol. The molecule has 0 amide bonds. The second-order valence-electron chi connectivity index (χ2n) is 4.07. The molecule has 1 aromatic heterocycles. The molecule has 0 bridgehead atoms. The van der Waals surface area contributed by atoms with Gasteiger partial charge in [-0.25, -0.2) is 10.8 Å². The number of fused-ring (bicyclic) bond motifs is 1. The van der Waals surface area contributed by atoms with Gasteiger partial charge in [0, 0.05) is 6.42 Å². The maximum atomic E-state index is 5.67. The summed E-state index contributed by atoms with van der Waals surface area (Å²) < 4.78 is 5.67. The van der Waals surface area contributed by atoms with Crippen LogP contribution in [0.15, 0.2) is 36.4 Å². The minimum Gasteiger partial charge on any atom is -0.477 e. The summed E-state index contributed by atoms with van der Waals surface area (Å²) in [7, 11) is 0. The lowest BCUT2D eigenvalue weighted by atomic mass is 10.2. The summed E-state index contributed by atoms with van der Waals surface area (Å²) in [5.74, 6) is 6.23. The summed E-state index contributed by atoms with van der Waals surface area (Å²) in [5, 5.41) is 0.873. The van der Waals surface area contributed by atoms with Gasteiger partial charge in [0.15, 0.2) is 0 Å². The number of nitrogen functional groups attached to an aromatic ring is 1. The van der Waals surface area contributed by atoms with Gasteiger partial charge in [-0.1, -0.05) is 17.7 Å². The number of rotatable bonds is 5. The molecule has 0 atom stereocenters. The first-order valence-electron chi connectivity index (χ1n) is 5.71. The molecule has 5 nitrogen and oxygen atoms in total. The molecule has 0 spiro atoms. The van der Waals surface area contributed by atoms with Gasteiger partial charge in [0.1, 0.15) is 0 Å². The van der Waals surface area contributed by atoms with E-state index in [-0.39, 0.29) is 0 Å². The summed E-state index contributed by atoms with van der Waals surface area (Å²) in [6.45, 7) is 6.35. The van der Waals surface area contributed by atoms with E-state index in [1.54, 1.807) is 0 Å². The molecule has 3 N–H and O–H groups in total. The smallest absolute Gasteiger partial charge is 0.241 e. The fourth-order valence-corrected chi connectivity index (χ4v) is 1.54. The van der Waals surface area contributed by atoms with Gasteiger partial charge in [0.2, 0.25) is 11.8 Å². The summed E-state index contributed by atoms with van der Waals surface area (Å²) in [6, 6.07) is 7.65. The molecule has 0 radical (unpaired) electrons. The Morgan fingerprint density at radius 2 is 2.17 bits per heavy atom. The van der Waals surface area contributed by atoms with Gasteiger partial charge in [0.25, 0.3) is 0 Å². The Kier molecular flexibility index (Phi) is 3.74. The Bertz CT molecular complexity index is 568. The number of hydrogen-bond acceptors (Lipinski definition) is 5. The highest BCUT2D eigenvalue weighted by molar-refractivity contribution is 5.84. The van der Waals surface area contributed by atoms with E-state index in [4.69, 9.17) is 10.6 Å². The standard InChI is InChI=1S/C13H16N4O/c1-9(2)7-8-18-12-10-5-3-4-6-11(10)15-13(16-12)17-14/h3-6H,1,7-8,14H2,2H3,(H,15,16,17). The number of ether oxygens (including phenoxy) is 1. The summed E-state index contributed by atoms with van der Waals surface area (Å²) >= 11 is 0. The van der Waals surface area contributed by atoms with E-state index in [2.05, 4.69) is 22.0 Å². The molecule has 0 fully saturated rings. The first kappa shape index (κ1) is 12.3. The first-order chi connectivity index (χ1) is 8.70. The van der Waals surface area contributed by atoms with Gasteiger partial charge in [-0.2, -0.15) is 4.98 Å². The number of nitrogens with one attached hydrogen (secondary N) is 1. The van der Waals surface area contributed by atoms with Crippen LogP contribution in [0.3, 0.4) is 0 Å². The maximum absolute atomic E-state index is 5.67. The summed E-state index contributed by atoms with van der Waals surface area (Å²) in [5.41, 5.74) is 4.31. The van der Waals surface area contributed by atoms with Crippen LogP contribution in [0.25, 0.3) is 10.9 Å². The fraction of sp³-hybridized carbons (Fsp3) is 0.231. The Morgan fingerprint density at radius 1 is 1.39 bits per heavy atom. The molecule has 0 aliphatic rings. The van der Waals surface area contributed by atoms with Crippen molar-refractivity contribution in [2.45, 2.75) is 13.3 Å². The molecule has 18 heavy (non-hydrogen) atoms. The van der Waals surface area contributed by atoms with E-state index in [9.17, 15) is 0 Å². The molecular formula is C13H16N4O. The van der Waals surface area contributed by atoms with Gasteiger partial charge >= 0.3 is 0 Å². The molecule has 5 heteroatoms. The quantitative estimate of drug-likeness (QED) is 0.479. The van der Waals surface area contributed by atoms with Crippen LogP contribution in [0, 0.1) is 0 Å². The van der Waals surface area contributed by atoms with Crippen LogP contribution >= 0.6 is 0 Å². The molecule has 0 aliphatic carbocycles. The van der Waals surface area contributed by atoms with Crippen molar-refractivity contribution in [3.8, 4) is 5.88 Å². The number of anilines is 1. The zero-order chi connectivity index (χ0) is 13.0. The summed E-state index contributed by atoms with van der Waals surface area (Å²) in [4.78, 5) is 8.47. The van der Waals surface area contributed by atoms with Crippen molar-refractivity contribution in [1.29, 1.82) is 0 Å². The largest absolute Gasteiger partial charge is 0.477 e. The number of benzene rings is 1. The van der Waals surface area contributed by atoms with Crippen molar-refractivity contribution in [2.24, 2.45) is 5.84 Å². The average Bonchev–Trinajstić information content (AvgIpc) is 2.38. The SMILES string of the molecule is C=C(C)CCOc1nc(NN)nc2ccccc12. The molecule has 0 saturated heterocycles. The number of hydrazine groups is 1. The molecule has 0 saturated carbocycles. The van der Waals surface area contributed by atoms with Gasteiger partial charge < -0.3 is 4.74 Å². The topological polar surface area (TPSA) is 73.1 Å². The van der Waals surface area contributed by atoms with Crippen molar-refractivity contribution >= 4 is 16.9 Å². The van der Waals surface area contributed by atoms with Crippen molar-refractivity contribution in [3.05, 3.63) is 36.4 Å². The number of hydrogen-bond donors (Lipinski definition) is 2. The summed E-state index contributed by atoms with van der Waals surface area (Å²) in [6.07, 6.45) is 0.795. The Balaban J connectivity index is 2.31. The van der Waals surface area contributed by atoms with Crippen molar-refractivity contribution in [1.82, 2.24) is 9.97 Å². The van der Waals surface area contributed by atoms with Crippen LogP contribution in [-0.2, 0) is 0 Å². The zero-order valence-electron chi connectivity index (χ0n) is 10.3. The van der Waals surface area contributed by atoms with Gasteiger partial charge in [-0.05, 0) is 19.1 Å². The highest BCUT2D eigenvalue weighted by atomic mass is 16.5. The van der Waals surface area contributed by atoms with E-state index in [1.165, 1.54) is 0 Å². The van der Waals surface area contributed by atoms with E-state index in [1.807, 2.05) is 31.2 Å². The third-order valence-corrected chi connectivity index (χ3v) is 2.46. The van der Waals surface area contributed by atoms with Gasteiger partial charge in [-0.3, -0.25) is 5.43 Å². The Hall–Kier alpha value is -2.14. The van der Waals surface area contributed by atoms with Crippen LogP contribution in [0.5, 0.6) is 5.88 Å². The molecule has 2 rings (SSSR count). The number of nitrogens with two attached hydrogens (primary N) is 1. The van der Waals surface area contributed by atoms with Gasteiger partial charge in [-0.15, -0.1) is 6.58 Å². The van der Waals surface area contributed by atoms with Crippen LogP contribution in [-0.4, -0.2) is 16.6 Å². The lowest BCUT2D eigenvalue weighted by Gasteiger charge is -2.09. The third kappa shape index (κ3) is 2.75. The molecule has 2 aromatic rings. The van der Waals surface area contributed by atoms with Crippen molar-refractivity contribution in [2.75, 3.05) is 12.0 Å². The molecule has 1 heterocycles. The minimum absolute atomic E-state index is 0.346. The molecule has 0 unspecified atom stereocenters. The number of para-hydroxylation sites is 1. The Labute approximate surface area is 106 Å². The third-order valence-electron chi connectivity index (χ3n) is 2.46. The predicted octanol–water partition coefficient (Wildman–Crippen LogP) is 2.26. The Morgan fingerprint density at radius 3 is 2.89 bits per heavy atom. The second-order valence-corrected chi connectivity index (χ2v) is 4.07. The normalized spacial score (nSPS) is 10.3. The molecular weight excluding hydrogens is 228 g/mol. The molecule has 0 aliphatic heterocycles. The second kappa shape index (κ2) is 5.46. The van der Waals surface area contributed by atoms with E-state index < -0.39 is 0 Å².